The first kappa shape index (κ1) is 12.1. The number of allylic oxidation sites excluding steroid dienone is 2. The molecule has 0 bridgehead atoms. The van der Waals surface area contributed by atoms with E-state index in [9.17, 15) is 9.90 Å². The third-order valence-electron chi connectivity index (χ3n) is 2.11. The van der Waals surface area contributed by atoms with Gasteiger partial charge in [0.05, 0.1) is 15.1 Å². The zero-order valence-electron chi connectivity index (χ0n) is 9.43. The molecule has 17 heavy (non-hydrogen) atoms. The van der Waals surface area contributed by atoms with E-state index in [-0.39, 0.29) is 11.5 Å². The van der Waals surface area contributed by atoms with Crippen LogP contribution in [0.1, 0.15) is 13.8 Å². The van der Waals surface area contributed by atoms with Crippen molar-refractivity contribution in [1.29, 1.82) is 0 Å². The van der Waals surface area contributed by atoms with Gasteiger partial charge in [0.1, 0.15) is 5.76 Å². The van der Waals surface area contributed by atoms with Crippen LogP contribution < -0.4 is 0 Å². The molecule has 0 aliphatic rings. The molecule has 0 amide bonds. The van der Waals surface area contributed by atoms with Crippen LogP contribution in [0.5, 0.6) is 0 Å². The maximum Gasteiger partial charge on any atom is 0.169 e. The molecular weight excluding hydrogens is 254 g/mol. The number of thioether (sulfide) groups is 1. The second-order valence-electron chi connectivity index (χ2n) is 3.52. The van der Waals surface area contributed by atoms with Gasteiger partial charge in [0, 0.05) is 0 Å². The van der Waals surface area contributed by atoms with Crippen molar-refractivity contribution >= 4 is 39.1 Å². The molecule has 5 heteroatoms. The Morgan fingerprint density at radius 3 is 2.65 bits per heavy atom. The summed E-state index contributed by atoms with van der Waals surface area (Å²) >= 11 is 2.73. The van der Waals surface area contributed by atoms with Crippen LogP contribution in [0, 0.1) is 0 Å². The second-order valence-corrected chi connectivity index (χ2v) is 5.81. The highest BCUT2D eigenvalue weighted by atomic mass is 32.2. The van der Waals surface area contributed by atoms with E-state index in [0.29, 0.717) is 4.91 Å². The third-order valence-corrected chi connectivity index (χ3v) is 4.50. The van der Waals surface area contributed by atoms with Crippen LogP contribution in [-0.4, -0.2) is 15.9 Å². The van der Waals surface area contributed by atoms with Crippen molar-refractivity contribution < 1.29 is 9.90 Å². The van der Waals surface area contributed by atoms with Crippen LogP contribution in [0.3, 0.4) is 0 Å². The highest BCUT2D eigenvalue weighted by Gasteiger charge is 2.13. The number of benzene rings is 1. The van der Waals surface area contributed by atoms with E-state index in [1.54, 1.807) is 0 Å². The van der Waals surface area contributed by atoms with E-state index in [0.717, 1.165) is 14.6 Å². The Hall–Kier alpha value is -1.33. The monoisotopic (exact) mass is 265 g/mol. The lowest BCUT2D eigenvalue weighted by Gasteiger charge is -2.00. The highest BCUT2D eigenvalue weighted by Crippen LogP contribution is 2.34. The lowest BCUT2D eigenvalue weighted by molar-refractivity contribution is -0.113. The number of carbonyl (C=O) groups is 1. The Bertz CT molecular complexity index is 564. The molecule has 0 aliphatic carbocycles. The molecule has 88 valence electrons. The van der Waals surface area contributed by atoms with Gasteiger partial charge in [-0.25, -0.2) is 4.98 Å². The minimum absolute atomic E-state index is 0.0433. The molecule has 0 unspecified atom stereocenters. The fourth-order valence-corrected chi connectivity index (χ4v) is 3.38. The van der Waals surface area contributed by atoms with Crippen molar-refractivity contribution in [1.82, 2.24) is 4.98 Å². The van der Waals surface area contributed by atoms with Gasteiger partial charge in [0.15, 0.2) is 10.1 Å². The minimum Gasteiger partial charge on any atom is -0.511 e. The van der Waals surface area contributed by atoms with Crippen LogP contribution in [-0.2, 0) is 4.79 Å². The van der Waals surface area contributed by atoms with Crippen LogP contribution in [0.25, 0.3) is 10.2 Å². The number of ketones is 1. The lowest BCUT2D eigenvalue weighted by atomic mass is 10.3. The summed E-state index contributed by atoms with van der Waals surface area (Å²) < 4.78 is 1.85. The van der Waals surface area contributed by atoms with E-state index >= 15 is 0 Å². The predicted octanol–water partition coefficient (Wildman–Crippen LogP) is 3.77. The molecule has 0 saturated carbocycles. The molecule has 2 aromatic rings. The van der Waals surface area contributed by atoms with Gasteiger partial charge in [-0.05, 0) is 26.0 Å². The van der Waals surface area contributed by atoms with Crippen molar-refractivity contribution in [2.45, 2.75) is 18.2 Å². The number of para-hydroxylation sites is 1. The van der Waals surface area contributed by atoms with Gasteiger partial charge in [-0.1, -0.05) is 23.9 Å². The SMILES string of the molecule is CC(=O)C(Sc1nc2ccccc2s1)=C(C)O. The summed E-state index contributed by atoms with van der Waals surface area (Å²) in [6, 6.07) is 7.79. The average Bonchev–Trinajstić information content (AvgIpc) is 2.67. The summed E-state index contributed by atoms with van der Waals surface area (Å²) in [7, 11) is 0. The molecule has 0 saturated heterocycles. The summed E-state index contributed by atoms with van der Waals surface area (Å²) in [5.41, 5.74) is 0.915. The van der Waals surface area contributed by atoms with Crippen molar-refractivity contribution in [3.8, 4) is 0 Å². The van der Waals surface area contributed by atoms with Gasteiger partial charge >= 0.3 is 0 Å². The first-order chi connectivity index (χ1) is 8.08. The number of fused-ring (bicyclic) bond motifs is 1. The summed E-state index contributed by atoms with van der Waals surface area (Å²) in [6.45, 7) is 2.95. The maximum absolute atomic E-state index is 11.3. The van der Waals surface area contributed by atoms with Gasteiger partial charge in [0.2, 0.25) is 0 Å². The van der Waals surface area contributed by atoms with E-state index < -0.39 is 0 Å². The van der Waals surface area contributed by atoms with Gasteiger partial charge in [-0.15, -0.1) is 11.3 Å². The Balaban J connectivity index is 2.35. The third kappa shape index (κ3) is 2.68. The standard InChI is InChI=1S/C12H11NO2S2/c1-7(14)11(8(2)15)17-12-13-9-5-3-4-6-10(9)16-12/h3-6,14H,1-2H3. The van der Waals surface area contributed by atoms with Gasteiger partial charge in [-0.2, -0.15) is 0 Å². The fourth-order valence-electron chi connectivity index (χ4n) is 1.38. The molecule has 2 rings (SSSR count). The first-order valence-corrected chi connectivity index (χ1v) is 6.65. The topological polar surface area (TPSA) is 50.2 Å². The van der Waals surface area contributed by atoms with Gasteiger partial charge in [0.25, 0.3) is 0 Å². The molecule has 1 aromatic carbocycles. The molecular formula is C12H11NO2S2. The molecule has 0 spiro atoms. The van der Waals surface area contributed by atoms with Gasteiger partial charge in [-0.3, -0.25) is 4.79 Å². The number of hydrogen-bond donors (Lipinski definition) is 1. The maximum atomic E-state index is 11.3. The van der Waals surface area contributed by atoms with E-state index in [4.69, 9.17) is 0 Å². The quantitative estimate of drug-likeness (QED) is 0.521. The first-order valence-electron chi connectivity index (χ1n) is 5.02. The Kier molecular flexibility index (Phi) is 3.49. The number of carbonyl (C=O) groups excluding carboxylic acids is 1. The molecule has 1 N–H and O–H groups in total. The molecule has 0 radical (unpaired) electrons. The number of aromatic nitrogens is 1. The summed E-state index contributed by atoms with van der Waals surface area (Å²) in [5.74, 6) is -0.101. The number of aliphatic hydroxyl groups excluding tert-OH is 1. The van der Waals surface area contributed by atoms with Crippen LogP contribution in [0.2, 0.25) is 0 Å². The molecule has 3 nitrogen and oxygen atoms in total. The van der Waals surface area contributed by atoms with Crippen LogP contribution >= 0.6 is 23.1 Å². The zero-order valence-corrected chi connectivity index (χ0v) is 11.1. The fraction of sp³-hybridized carbons (Fsp3) is 0.167. The zero-order chi connectivity index (χ0) is 12.4. The van der Waals surface area contributed by atoms with Gasteiger partial charge < -0.3 is 5.11 Å². The highest BCUT2D eigenvalue weighted by molar-refractivity contribution is 8.05. The number of Topliss-reactive ketones (excluding diaryl/α,β-unsaturated/α-hetero) is 1. The summed E-state index contributed by atoms with van der Waals surface area (Å²) in [5, 5.41) is 9.43. The largest absolute Gasteiger partial charge is 0.511 e. The Morgan fingerprint density at radius 2 is 2.06 bits per heavy atom. The summed E-state index contributed by atoms with van der Waals surface area (Å²) in [4.78, 5) is 16.1. The van der Waals surface area contributed by atoms with Crippen LogP contribution in [0.15, 0.2) is 39.3 Å². The lowest BCUT2D eigenvalue weighted by Crippen LogP contribution is -1.95. The number of aliphatic hydroxyl groups is 1. The smallest absolute Gasteiger partial charge is 0.169 e. The number of rotatable bonds is 3. The second kappa shape index (κ2) is 4.89. The average molecular weight is 265 g/mol. The number of thiazole rings is 1. The number of hydrogen-bond acceptors (Lipinski definition) is 5. The van der Waals surface area contributed by atoms with Crippen molar-refractivity contribution in [2.24, 2.45) is 0 Å². The number of nitrogens with zero attached hydrogens (tertiary/aromatic N) is 1. The normalized spacial score (nSPS) is 12.6. The van der Waals surface area contributed by atoms with Crippen LogP contribution in [0.4, 0.5) is 0 Å². The molecule has 0 fully saturated rings. The van der Waals surface area contributed by atoms with E-state index in [2.05, 4.69) is 4.98 Å². The molecule has 1 aromatic heterocycles. The predicted molar refractivity (Wildman–Crippen MR) is 71.5 cm³/mol. The minimum atomic E-state index is -0.144. The van der Waals surface area contributed by atoms with Crippen molar-refractivity contribution in [2.75, 3.05) is 0 Å². The van der Waals surface area contributed by atoms with Crippen molar-refractivity contribution in [3.63, 3.8) is 0 Å². The van der Waals surface area contributed by atoms with Crippen molar-refractivity contribution in [3.05, 3.63) is 34.9 Å². The molecule has 0 aliphatic heterocycles. The van der Waals surface area contributed by atoms with E-state index in [1.165, 1.54) is 36.9 Å². The summed E-state index contributed by atoms with van der Waals surface area (Å²) in [6.07, 6.45) is 0. The Labute approximate surface area is 107 Å². The van der Waals surface area contributed by atoms with E-state index in [1.807, 2.05) is 24.3 Å². The molecule has 0 atom stereocenters. The Morgan fingerprint density at radius 1 is 1.35 bits per heavy atom. The molecule has 1 heterocycles.